The van der Waals surface area contributed by atoms with E-state index in [1.807, 2.05) is 28.8 Å². The number of rotatable bonds is 1. The lowest BCUT2D eigenvalue weighted by atomic mass is 10.4. The van der Waals surface area contributed by atoms with Crippen LogP contribution in [0.15, 0.2) is 30.6 Å². The summed E-state index contributed by atoms with van der Waals surface area (Å²) in [4.78, 5) is 4.22. The molecule has 0 spiro atoms. The van der Waals surface area contributed by atoms with Crippen molar-refractivity contribution in [2.24, 2.45) is 0 Å². The molecule has 0 unspecified atom stereocenters. The average Bonchev–Trinajstić information content (AvgIpc) is 2.85. The van der Waals surface area contributed by atoms with Gasteiger partial charge in [0.1, 0.15) is 11.3 Å². The molecule has 0 saturated carbocycles. The number of fused-ring (bicyclic) bond motifs is 1. The number of hydrogen-bond acceptors (Lipinski definition) is 4. The third kappa shape index (κ3) is 0.905. The third-order valence-electron chi connectivity index (χ3n) is 1.99. The number of pyridine rings is 1. The molecule has 0 fully saturated rings. The number of tetrazole rings is 1. The molecule has 6 nitrogen and oxygen atoms in total. The maximum absolute atomic E-state index is 4.22. The van der Waals surface area contributed by atoms with Gasteiger partial charge in [-0.15, -0.1) is 10.2 Å². The molecule has 68 valence electrons. The summed E-state index contributed by atoms with van der Waals surface area (Å²) in [6.07, 6.45) is 3.63. The highest BCUT2D eigenvalue weighted by Crippen LogP contribution is 2.14. The Morgan fingerprint density at radius 1 is 1.29 bits per heavy atom. The maximum atomic E-state index is 4.22. The molecule has 1 N–H and O–H groups in total. The van der Waals surface area contributed by atoms with Crippen molar-refractivity contribution in [2.75, 3.05) is 0 Å². The largest absolute Gasteiger partial charge is 0.297 e. The molecule has 3 aromatic rings. The fraction of sp³-hybridized carbons (Fsp3) is 0. The summed E-state index contributed by atoms with van der Waals surface area (Å²) in [5, 5.41) is 13.7. The van der Waals surface area contributed by atoms with E-state index in [9.17, 15) is 0 Å². The van der Waals surface area contributed by atoms with Gasteiger partial charge in [-0.25, -0.2) is 4.98 Å². The van der Waals surface area contributed by atoms with Crippen LogP contribution in [-0.4, -0.2) is 30.0 Å². The minimum absolute atomic E-state index is 0.545. The first-order chi connectivity index (χ1) is 6.95. The van der Waals surface area contributed by atoms with E-state index in [-0.39, 0.29) is 0 Å². The summed E-state index contributed by atoms with van der Waals surface area (Å²) >= 11 is 0. The van der Waals surface area contributed by atoms with Gasteiger partial charge in [0.2, 0.25) is 5.82 Å². The molecule has 6 heteroatoms. The smallest absolute Gasteiger partial charge is 0.222 e. The Bertz CT molecular complexity index is 552. The molecule has 3 heterocycles. The quantitative estimate of drug-likeness (QED) is 0.601. The van der Waals surface area contributed by atoms with Crippen molar-refractivity contribution in [3.8, 4) is 11.5 Å². The summed E-state index contributed by atoms with van der Waals surface area (Å²) in [5.74, 6) is 0.545. The van der Waals surface area contributed by atoms with Crippen LogP contribution in [-0.2, 0) is 0 Å². The van der Waals surface area contributed by atoms with E-state index >= 15 is 0 Å². The molecule has 3 aromatic heterocycles. The molecular weight excluding hydrogens is 180 g/mol. The van der Waals surface area contributed by atoms with Crippen molar-refractivity contribution in [3.05, 3.63) is 30.6 Å². The van der Waals surface area contributed by atoms with E-state index in [0.717, 1.165) is 11.3 Å². The average molecular weight is 186 g/mol. The molecule has 0 radical (unpaired) electrons. The zero-order valence-electron chi connectivity index (χ0n) is 7.12. The van der Waals surface area contributed by atoms with Crippen LogP contribution in [0.3, 0.4) is 0 Å². The second kappa shape index (κ2) is 2.63. The van der Waals surface area contributed by atoms with Gasteiger partial charge in [0.25, 0.3) is 0 Å². The molecule has 0 amide bonds. The monoisotopic (exact) mass is 186 g/mol. The highest BCUT2D eigenvalue weighted by molar-refractivity contribution is 5.55. The Hall–Kier alpha value is -2.24. The number of hydrogen-bond donors (Lipinski definition) is 1. The van der Waals surface area contributed by atoms with Crippen molar-refractivity contribution in [1.82, 2.24) is 30.0 Å². The van der Waals surface area contributed by atoms with Gasteiger partial charge in [0.15, 0.2) is 0 Å². The van der Waals surface area contributed by atoms with E-state index in [2.05, 4.69) is 25.6 Å². The standard InChI is InChI=1S/C8H6N6/c1-2-4-14-6(5-9-7(14)3-1)8-10-12-13-11-8/h1-5H,(H,10,11,12,13). The van der Waals surface area contributed by atoms with Crippen LogP contribution in [0.4, 0.5) is 0 Å². The highest BCUT2D eigenvalue weighted by atomic mass is 15.5. The fourth-order valence-corrected chi connectivity index (χ4v) is 1.37. The van der Waals surface area contributed by atoms with Crippen LogP contribution in [0.2, 0.25) is 0 Å². The highest BCUT2D eigenvalue weighted by Gasteiger charge is 2.08. The molecule has 0 aliphatic carbocycles. The first-order valence-corrected chi connectivity index (χ1v) is 4.11. The lowest BCUT2D eigenvalue weighted by Gasteiger charge is -1.94. The molecular formula is C8H6N6. The summed E-state index contributed by atoms with van der Waals surface area (Å²) in [5.41, 5.74) is 1.70. The molecule has 0 aromatic carbocycles. The zero-order chi connectivity index (χ0) is 9.38. The first kappa shape index (κ1) is 7.19. The van der Waals surface area contributed by atoms with Crippen LogP contribution in [0.5, 0.6) is 0 Å². The summed E-state index contributed by atoms with van der Waals surface area (Å²) in [7, 11) is 0. The number of H-pyrrole nitrogens is 1. The Morgan fingerprint density at radius 2 is 2.29 bits per heavy atom. The van der Waals surface area contributed by atoms with Gasteiger partial charge in [-0.2, -0.15) is 5.21 Å². The number of imidazole rings is 1. The van der Waals surface area contributed by atoms with Crippen LogP contribution < -0.4 is 0 Å². The van der Waals surface area contributed by atoms with E-state index in [1.54, 1.807) is 6.20 Å². The number of aromatic nitrogens is 6. The zero-order valence-corrected chi connectivity index (χ0v) is 7.12. The van der Waals surface area contributed by atoms with E-state index in [4.69, 9.17) is 0 Å². The Balaban J connectivity index is 2.33. The summed E-state index contributed by atoms with van der Waals surface area (Å²) in [6.45, 7) is 0. The first-order valence-electron chi connectivity index (χ1n) is 4.11. The predicted octanol–water partition coefficient (Wildman–Crippen LogP) is 0.514. The molecule has 0 saturated heterocycles. The Labute approximate surface area is 78.6 Å². The minimum atomic E-state index is 0.545. The lowest BCUT2D eigenvalue weighted by Crippen LogP contribution is -1.88. The molecule has 0 aliphatic rings. The van der Waals surface area contributed by atoms with Crippen molar-refractivity contribution in [3.63, 3.8) is 0 Å². The van der Waals surface area contributed by atoms with E-state index in [1.165, 1.54) is 0 Å². The molecule has 14 heavy (non-hydrogen) atoms. The Morgan fingerprint density at radius 3 is 3.14 bits per heavy atom. The van der Waals surface area contributed by atoms with Crippen LogP contribution in [0.1, 0.15) is 0 Å². The number of nitrogens with one attached hydrogen (secondary N) is 1. The van der Waals surface area contributed by atoms with Crippen LogP contribution in [0, 0.1) is 0 Å². The van der Waals surface area contributed by atoms with Gasteiger partial charge in [-0.05, 0) is 17.3 Å². The second-order valence-electron chi connectivity index (χ2n) is 2.81. The number of aromatic amines is 1. The number of nitrogens with zero attached hydrogens (tertiary/aromatic N) is 5. The van der Waals surface area contributed by atoms with Crippen molar-refractivity contribution in [1.29, 1.82) is 0 Å². The van der Waals surface area contributed by atoms with Crippen LogP contribution >= 0.6 is 0 Å². The minimum Gasteiger partial charge on any atom is -0.297 e. The van der Waals surface area contributed by atoms with Gasteiger partial charge >= 0.3 is 0 Å². The third-order valence-corrected chi connectivity index (χ3v) is 1.99. The van der Waals surface area contributed by atoms with E-state index < -0.39 is 0 Å². The van der Waals surface area contributed by atoms with Crippen molar-refractivity contribution < 1.29 is 0 Å². The second-order valence-corrected chi connectivity index (χ2v) is 2.81. The van der Waals surface area contributed by atoms with Crippen molar-refractivity contribution >= 4 is 5.65 Å². The molecule has 0 bridgehead atoms. The van der Waals surface area contributed by atoms with Gasteiger partial charge < -0.3 is 0 Å². The topological polar surface area (TPSA) is 71.8 Å². The van der Waals surface area contributed by atoms with Crippen LogP contribution in [0.25, 0.3) is 17.2 Å². The fourth-order valence-electron chi connectivity index (χ4n) is 1.37. The molecule has 3 rings (SSSR count). The molecule has 0 atom stereocenters. The summed E-state index contributed by atoms with van der Waals surface area (Å²) < 4.78 is 1.91. The Kier molecular flexibility index (Phi) is 1.35. The summed E-state index contributed by atoms with van der Waals surface area (Å²) in [6, 6.07) is 5.78. The van der Waals surface area contributed by atoms with Crippen molar-refractivity contribution in [2.45, 2.75) is 0 Å². The lowest BCUT2D eigenvalue weighted by molar-refractivity contribution is 0.881. The maximum Gasteiger partial charge on any atom is 0.222 e. The van der Waals surface area contributed by atoms with Gasteiger partial charge in [-0.1, -0.05) is 6.07 Å². The SMILES string of the molecule is c1ccn2c(-c3nn[nH]n3)cnc2c1. The normalized spacial score (nSPS) is 10.9. The van der Waals surface area contributed by atoms with Gasteiger partial charge in [0, 0.05) is 6.20 Å². The van der Waals surface area contributed by atoms with Gasteiger partial charge in [-0.3, -0.25) is 4.40 Å². The van der Waals surface area contributed by atoms with Gasteiger partial charge in [0.05, 0.1) is 6.20 Å². The molecule has 0 aliphatic heterocycles. The predicted molar refractivity (Wildman–Crippen MR) is 48.4 cm³/mol. The van der Waals surface area contributed by atoms with E-state index in [0.29, 0.717) is 5.82 Å².